The third-order valence-corrected chi connectivity index (χ3v) is 1.70. The molecule has 1 aromatic rings. The summed E-state index contributed by atoms with van der Waals surface area (Å²) in [4.78, 5) is 20.8. The quantitative estimate of drug-likeness (QED) is 0.606. The van der Waals surface area contributed by atoms with Crippen LogP contribution in [0.3, 0.4) is 0 Å². The van der Waals surface area contributed by atoms with Crippen molar-refractivity contribution in [2.45, 2.75) is 6.92 Å². The Hall–Kier alpha value is -2.11. The molecule has 1 N–H and O–H groups in total. The van der Waals surface area contributed by atoms with E-state index >= 15 is 0 Å². The topological polar surface area (TPSA) is 81.5 Å². The SMILES string of the molecule is COc1cc(NC(C)=O)ccc1[N+](=O)[O-]. The summed E-state index contributed by atoms with van der Waals surface area (Å²) in [6, 6.07) is 4.13. The number of rotatable bonds is 3. The maximum Gasteiger partial charge on any atom is 0.311 e. The van der Waals surface area contributed by atoms with Gasteiger partial charge in [-0.2, -0.15) is 0 Å². The lowest BCUT2D eigenvalue weighted by Gasteiger charge is -2.05. The molecule has 6 nitrogen and oxygen atoms in total. The van der Waals surface area contributed by atoms with Crippen molar-refractivity contribution in [1.82, 2.24) is 0 Å². The first-order valence-electron chi connectivity index (χ1n) is 4.14. The molecule has 0 aromatic heterocycles. The van der Waals surface area contributed by atoms with E-state index in [-0.39, 0.29) is 17.3 Å². The number of methoxy groups -OCH3 is 1. The van der Waals surface area contributed by atoms with Crippen LogP contribution in [0.2, 0.25) is 0 Å². The first-order valence-corrected chi connectivity index (χ1v) is 4.14. The van der Waals surface area contributed by atoms with E-state index in [1.807, 2.05) is 0 Å². The van der Waals surface area contributed by atoms with Gasteiger partial charge in [-0.15, -0.1) is 0 Å². The second-order valence-electron chi connectivity index (χ2n) is 2.82. The summed E-state index contributed by atoms with van der Waals surface area (Å²) in [6.45, 7) is 1.36. The highest BCUT2D eigenvalue weighted by Crippen LogP contribution is 2.29. The maximum absolute atomic E-state index is 10.7. The van der Waals surface area contributed by atoms with E-state index < -0.39 is 4.92 Å². The van der Waals surface area contributed by atoms with Crippen LogP contribution >= 0.6 is 0 Å². The van der Waals surface area contributed by atoms with E-state index in [0.29, 0.717) is 5.69 Å². The summed E-state index contributed by atoms with van der Waals surface area (Å²) in [5, 5.41) is 13.1. The van der Waals surface area contributed by atoms with Crippen LogP contribution < -0.4 is 10.1 Å². The third kappa shape index (κ3) is 2.67. The Balaban J connectivity index is 3.07. The van der Waals surface area contributed by atoms with Gasteiger partial charge in [0.25, 0.3) is 0 Å². The van der Waals surface area contributed by atoms with Crippen molar-refractivity contribution in [3.05, 3.63) is 28.3 Å². The fraction of sp³-hybridized carbons (Fsp3) is 0.222. The zero-order chi connectivity index (χ0) is 11.4. The Morgan fingerprint density at radius 3 is 2.67 bits per heavy atom. The Morgan fingerprint density at radius 1 is 1.53 bits per heavy atom. The molecule has 80 valence electrons. The number of carbonyl (C=O) groups excluding carboxylic acids is 1. The molecule has 1 rings (SSSR count). The first-order chi connectivity index (χ1) is 7.04. The summed E-state index contributed by atoms with van der Waals surface area (Å²) < 4.78 is 4.84. The minimum absolute atomic E-state index is 0.117. The summed E-state index contributed by atoms with van der Waals surface area (Å²) in [6.07, 6.45) is 0. The summed E-state index contributed by atoms with van der Waals surface area (Å²) in [5.74, 6) is -0.128. The molecule has 0 heterocycles. The number of hydrogen-bond donors (Lipinski definition) is 1. The largest absolute Gasteiger partial charge is 0.490 e. The Kier molecular flexibility index (Phi) is 3.22. The van der Waals surface area contributed by atoms with Crippen LogP contribution in [0, 0.1) is 10.1 Å². The fourth-order valence-electron chi connectivity index (χ4n) is 1.11. The molecule has 0 aliphatic rings. The van der Waals surface area contributed by atoms with E-state index in [0.717, 1.165) is 0 Å². The molecule has 0 unspecified atom stereocenters. The highest BCUT2D eigenvalue weighted by molar-refractivity contribution is 5.89. The molecular formula is C9H10N2O4. The number of nitro groups is 1. The Morgan fingerprint density at radius 2 is 2.20 bits per heavy atom. The highest BCUT2D eigenvalue weighted by atomic mass is 16.6. The predicted octanol–water partition coefficient (Wildman–Crippen LogP) is 1.56. The van der Waals surface area contributed by atoms with Gasteiger partial charge in [0.2, 0.25) is 5.91 Å². The van der Waals surface area contributed by atoms with Gasteiger partial charge < -0.3 is 10.1 Å². The van der Waals surface area contributed by atoms with E-state index in [9.17, 15) is 14.9 Å². The molecule has 0 saturated carbocycles. The van der Waals surface area contributed by atoms with Crippen LogP contribution in [0.5, 0.6) is 5.75 Å². The molecular weight excluding hydrogens is 200 g/mol. The average molecular weight is 210 g/mol. The number of benzene rings is 1. The Labute approximate surface area is 86.0 Å². The van der Waals surface area contributed by atoms with Gasteiger partial charge in [-0.05, 0) is 6.07 Å². The predicted molar refractivity (Wildman–Crippen MR) is 54.0 cm³/mol. The molecule has 0 bridgehead atoms. The standard InChI is InChI=1S/C9H10N2O4/c1-6(12)10-7-3-4-8(11(13)14)9(5-7)15-2/h3-5H,1-2H3,(H,10,12). The van der Waals surface area contributed by atoms with Crippen LogP contribution in [0.1, 0.15) is 6.92 Å². The van der Waals surface area contributed by atoms with Gasteiger partial charge in [-0.3, -0.25) is 14.9 Å². The van der Waals surface area contributed by atoms with Crippen molar-refractivity contribution in [3.8, 4) is 5.75 Å². The number of ether oxygens (including phenoxy) is 1. The molecule has 0 fully saturated rings. The van der Waals surface area contributed by atoms with Crippen molar-refractivity contribution < 1.29 is 14.5 Å². The zero-order valence-electron chi connectivity index (χ0n) is 8.31. The van der Waals surface area contributed by atoms with E-state index in [2.05, 4.69) is 5.32 Å². The molecule has 1 amide bonds. The van der Waals surface area contributed by atoms with Crippen LogP contribution in [0.25, 0.3) is 0 Å². The van der Waals surface area contributed by atoms with Gasteiger partial charge in [-0.1, -0.05) is 0 Å². The number of nitrogens with one attached hydrogen (secondary N) is 1. The van der Waals surface area contributed by atoms with Gasteiger partial charge >= 0.3 is 5.69 Å². The number of amides is 1. The molecule has 1 aromatic carbocycles. The molecule has 0 saturated heterocycles. The van der Waals surface area contributed by atoms with Crippen LogP contribution in [0.15, 0.2) is 18.2 Å². The lowest BCUT2D eigenvalue weighted by Crippen LogP contribution is -2.06. The van der Waals surface area contributed by atoms with Gasteiger partial charge in [0, 0.05) is 24.7 Å². The number of nitro benzene ring substituents is 1. The van der Waals surface area contributed by atoms with Crippen molar-refractivity contribution in [2.24, 2.45) is 0 Å². The van der Waals surface area contributed by atoms with E-state index in [1.165, 1.54) is 32.2 Å². The highest BCUT2D eigenvalue weighted by Gasteiger charge is 2.14. The fourth-order valence-corrected chi connectivity index (χ4v) is 1.11. The number of hydrogen-bond acceptors (Lipinski definition) is 4. The number of carbonyl (C=O) groups is 1. The van der Waals surface area contributed by atoms with Crippen molar-refractivity contribution >= 4 is 17.3 Å². The molecule has 0 spiro atoms. The molecule has 15 heavy (non-hydrogen) atoms. The summed E-state index contributed by atoms with van der Waals surface area (Å²) >= 11 is 0. The van der Waals surface area contributed by atoms with Gasteiger partial charge in [-0.25, -0.2) is 0 Å². The first kappa shape index (κ1) is 11.0. The lowest BCUT2D eigenvalue weighted by molar-refractivity contribution is -0.385. The third-order valence-electron chi connectivity index (χ3n) is 1.70. The Bertz CT molecular complexity index is 403. The van der Waals surface area contributed by atoms with Gasteiger partial charge in [0.15, 0.2) is 5.75 Å². The lowest BCUT2D eigenvalue weighted by atomic mass is 10.2. The minimum Gasteiger partial charge on any atom is -0.490 e. The number of anilines is 1. The summed E-state index contributed by atoms with van der Waals surface area (Å²) in [5.41, 5.74) is 0.330. The maximum atomic E-state index is 10.7. The summed E-state index contributed by atoms with van der Waals surface area (Å²) in [7, 11) is 1.33. The van der Waals surface area contributed by atoms with Crippen molar-refractivity contribution in [3.63, 3.8) is 0 Å². The smallest absolute Gasteiger partial charge is 0.311 e. The molecule has 0 radical (unpaired) electrons. The van der Waals surface area contributed by atoms with Gasteiger partial charge in [0.1, 0.15) is 0 Å². The zero-order valence-corrected chi connectivity index (χ0v) is 8.31. The van der Waals surface area contributed by atoms with Crippen molar-refractivity contribution in [2.75, 3.05) is 12.4 Å². The monoisotopic (exact) mass is 210 g/mol. The normalized spacial score (nSPS) is 9.47. The van der Waals surface area contributed by atoms with Crippen LogP contribution in [-0.2, 0) is 4.79 Å². The van der Waals surface area contributed by atoms with Crippen LogP contribution in [0.4, 0.5) is 11.4 Å². The second-order valence-corrected chi connectivity index (χ2v) is 2.82. The van der Waals surface area contributed by atoms with Crippen LogP contribution in [-0.4, -0.2) is 17.9 Å². The van der Waals surface area contributed by atoms with Gasteiger partial charge in [0.05, 0.1) is 12.0 Å². The molecule has 6 heteroatoms. The molecule has 0 aliphatic carbocycles. The number of nitrogens with zero attached hydrogens (tertiary/aromatic N) is 1. The average Bonchev–Trinajstić information content (AvgIpc) is 2.16. The molecule has 0 aliphatic heterocycles. The minimum atomic E-state index is -0.545. The molecule has 0 atom stereocenters. The van der Waals surface area contributed by atoms with E-state index in [4.69, 9.17) is 4.74 Å². The second kappa shape index (κ2) is 4.41. The van der Waals surface area contributed by atoms with E-state index in [1.54, 1.807) is 0 Å². The van der Waals surface area contributed by atoms with Crippen molar-refractivity contribution in [1.29, 1.82) is 0 Å².